The Hall–Kier alpha value is -3.26. The van der Waals surface area contributed by atoms with E-state index in [1.54, 1.807) is 12.1 Å². The van der Waals surface area contributed by atoms with Crippen LogP contribution >= 0.6 is 11.8 Å². The lowest BCUT2D eigenvalue weighted by Crippen LogP contribution is -2.34. The van der Waals surface area contributed by atoms with Gasteiger partial charge < -0.3 is 14.7 Å². The molecular formula is C21H19N3O4S. The summed E-state index contributed by atoms with van der Waals surface area (Å²) in [6.45, 7) is 0.542. The number of rotatable bonds is 7. The number of H-pyrrole nitrogens is 1. The van der Waals surface area contributed by atoms with Crippen molar-refractivity contribution in [3.05, 3.63) is 65.1 Å². The predicted molar refractivity (Wildman–Crippen MR) is 111 cm³/mol. The van der Waals surface area contributed by atoms with Gasteiger partial charge in [-0.3, -0.25) is 19.3 Å². The molecule has 3 amide bonds. The molecule has 1 saturated heterocycles. The van der Waals surface area contributed by atoms with Gasteiger partial charge in [-0.15, -0.1) is 0 Å². The number of benzene rings is 1. The molecule has 0 radical (unpaired) electrons. The number of thioether (sulfide) groups is 1. The maximum Gasteiger partial charge on any atom is 0.293 e. The fourth-order valence-corrected chi connectivity index (χ4v) is 4.02. The van der Waals surface area contributed by atoms with Gasteiger partial charge in [0.25, 0.3) is 11.1 Å². The summed E-state index contributed by atoms with van der Waals surface area (Å²) in [7, 11) is 0. The molecule has 1 fully saturated rings. The van der Waals surface area contributed by atoms with Crippen molar-refractivity contribution < 1.29 is 18.8 Å². The van der Waals surface area contributed by atoms with E-state index in [2.05, 4.69) is 10.3 Å². The van der Waals surface area contributed by atoms with Gasteiger partial charge in [0.15, 0.2) is 0 Å². The zero-order valence-corrected chi connectivity index (χ0v) is 16.3. The third-order valence-electron chi connectivity index (χ3n) is 4.64. The molecule has 8 heteroatoms. The molecule has 3 heterocycles. The summed E-state index contributed by atoms with van der Waals surface area (Å²) >= 11 is 0.852. The first kappa shape index (κ1) is 19.1. The summed E-state index contributed by atoms with van der Waals surface area (Å²) in [5.41, 5.74) is 2.20. The van der Waals surface area contributed by atoms with Crippen LogP contribution in [0.3, 0.4) is 0 Å². The second-order valence-corrected chi connectivity index (χ2v) is 7.55. The zero-order chi connectivity index (χ0) is 20.2. The van der Waals surface area contributed by atoms with Gasteiger partial charge in [0, 0.05) is 42.7 Å². The molecule has 29 heavy (non-hydrogen) atoms. The van der Waals surface area contributed by atoms with Crippen molar-refractivity contribution in [3.63, 3.8) is 0 Å². The van der Waals surface area contributed by atoms with Crippen LogP contribution in [0.15, 0.2) is 58.2 Å². The summed E-state index contributed by atoms with van der Waals surface area (Å²) in [4.78, 5) is 41.2. The Morgan fingerprint density at radius 3 is 2.90 bits per heavy atom. The summed E-state index contributed by atoms with van der Waals surface area (Å²) in [6, 6.07) is 11.4. The van der Waals surface area contributed by atoms with Gasteiger partial charge in [-0.2, -0.15) is 0 Å². The Morgan fingerprint density at radius 2 is 2.07 bits per heavy atom. The Labute approximate surface area is 171 Å². The van der Waals surface area contributed by atoms with E-state index in [-0.39, 0.29) is 24.1 Å². The lowest BCUT2D eigenvalue weighted by molar-refractivity contribution is -0.124. The van der Waals surface area contributed by atoms with Crippen LogP contribution in [0.1, 0.15) is 17.7 Å². The Morgan fingerprint density at radius 1 is 1.21 bits per heavy atom. The minimum atomic E-state index is -0.400. The van der Waals surface area contributed by atoms with Gasteiger partial charge >= 0.3 is 0 Å². The molecular weight excluding hydrogens is 390 g/mol. The first-order valence-electron chi connectivity index (χ1n) is 9.22. The number of nitrogens with zero attached hydrogens (tertiary/aromatic N) is 1. The van der Waals surface area contributed by atoms with Crippen molar-refractivity contribution in [1.29, 1.82) is 0 Å². The van der Waals surface area contributed by atoms with Crippen molar-refractivity contribution in [2.45, 2.75) is 12.8 Å². The SMILES string of the molecule is O=C(CCN1C(=O)SC(=Cc2ccco2)C1=O)NCCc1c[nH]c2ccccc12. The summed E-state index contributed by atoms with van der Waals surface area (Å²) in [6.07, 6.45) is 5.74. The fraction of sp³-hybridized carbons (Fsp3) is 0.190. The van der Waals surface area contributed by atoms with E-state index >= 15 is 0 Å². The Bertz CT molecular complexity index is 1080. The second kappa shape index (κ2) is 8.40. The number of amides is 3. The van der Waals surface area contributed by atoms with Crippen LogP contribution in [0.2, 0.25) is 0 Å². The van der Waals surface area contributed by atoms with Crippen LogP contribution in [0, 0.1) is 0 Å². The number of imide groups is 1. The average Bonchev–Trinajstić information content (AvgIpc) is 3.43. The molecule has 1 aliphatic heterocycles. The molecule has 1 aromatic carbocycles. The van der Waals surface area contributed by atoms with Crippen LogP contribution in [0.25, 0.3) is 17.0 Å². The number of hydrogen-bond acceptors (Lipinski definition) is 5. The molecule has 2 aromatic heterocycles. The van der Waals surface area contributed by atoms with E-state index in [9.17, 15) is 14.4 Å². The number of fused-ring (bicyclic) bond motifs is 1. The first-order valence-corrected chi connectivity index (χ1v) is 10.0. The van der Waals surface area contributed by atoms with Crippen LogP contribution in [-0.4, -0.2) is 40.0 Å². The topological polar surface area (TPSA) is 95.4 Å². The van der Waals surface area contributed by atoms with Gasteiger partial charge in [-0.25, -0.2) is 0 Å². The second-order valence-electron chi connectivity index (χ2n) is 6.56. The van der Waals surface area contributed by atoms with Crippen LogP contribution in [0.5, 0.6) is 0 Å². The van der Waals surface area contributed by atoms with Crippen molar-refractivity contribution in [3.8, 4) is 0 Å². The maximum atomic E-state index is 12.4. The number of furan rings is 1. The van der Waals surface area contributed by atoms with Crippen molar-refractivity contribution in [2.24, 2.45) is 0 Å². The van der Waals surface area contributed by atoms with Crippen molar-refractivity contribution in [2.75, 3.05) is 13.1 Å². The molecule has 1 aliphatic rings. The summed E-state index contributed by atoms with van der Waals surface area (Å²) in [5.74, 6) is -0.0904. The molecule has 0 aliphatic carbocycles. The number of nitrogens with one attached hydrogen (secondary N) is 2. The Balaban J connectivity index is 1.26. The highest BCUT2D eigenvalue weighted by molar-refractivity contribution is 8.18. The van der Waals surface area contributed by atoms with Gasteiger partial charge in [-0.05, 0) is 41.9 Å². The molecule has 3 aromatic rings. The van der Waals surface area contributed by atoms with E-state index < -0.39 is 5.91 Å². The van der Waals surface area contributed by atoms with E-state index in [0.29, 0.717) is 23.6 Å². The molecule has 0 saturated carbocycles. The van der Waals surface area contributed by atoms with Crippen molar-refractivity contribution in [1.82, 2.24) is 15.2 Å². The van der Waals surface area contributed by atoms with E-state index in [1.165, 1.54) is 12.3 Å². The van der Waals surface area contributed by atoms with Gasteiger partial charge in [-0.1, -0.05) is 18.2 Å². The van der Waals surface area contributed by atoms with Crippen LogP contribution in [-0.2, 0) is 16.0 Å². The van der Waals surface area contributed by atoms with Gasteiger partial charge in [0.1, 0.15) is 5.76 Å². The molecule has 7 nitrogen and oxygen atoms in total. The smallest absolute Gasteiger partial charge is 0.293 e. The third-order valence-corrected chi connectivity index (χ3v) is 5.55. The third kappa shape index (κ3) is 4.27. The van der Waals surface area contributed by atoms with Gasteiger partial charge in [0.2, 0.25) is 5.91 Å². The number of carbonyl (C=O) groups is 3. The molecule has 0 spiro atoms. The molecule has 4 rings (SSSR count). The molecule has 0 atom stereocenters. The van der Waals surface area contributed by atoms with E-state index in [0.717, 1.165) is 33.1 Å². The minimum absolute atomic E-state index is 0.0546. The number of aromatic nitrogens is 1. The first-order chi connectivity index (χ1) is 14.1. The normalized spacial score (nSPS) is 15.6. The monoisotopic (exact) mass is 409 g/mol. The molecule has 148 valence electrons. The van der Waals surface area contributed by atoms with Gasteiger partial charge in [0.05, 0.1) is 11.2 Å². The number of carbonyl (C=O) groups excluding carboxylic acids is 3. The standard InChI is InChI=1S/C21H19N3O4S/c25-19(22-9-7-14-13-23-17-6-2-1-5-16(14)17)8-10-24-20(26)18(29-21(24)27)12-15-4-3-11-28-15/h1-6,11-13,23H,7-10H2,(H,22,25). The molecule has 0 unspecified atom stereocenters. The summed E-state index contributed by atoms with van der Waals surface area (Å²) < 4.78 is 5.18. The van der Waals surface area contributed by atoms with Crippen LogP contribution in [0.4, 0.5) is 4.79 Å². The Kier molecular flexibility index (Phi) is 5.53. The lowest BCUT2D eigenvalue weighted by Gasteiger charge is -2.12. The zero-order valence-electron chi connectivity index (χ0n) is 15.5. The van der Waals surface area contributed by atoms with E-state index in [4.69, 9.17) is 4.42 Å². The fourth-order valence-electron chi connectivity index (χ4n) is 3.17. The quantitative estimate of drug-likeness (QED) is 0.582. The van der Waals surface area contributed by atoms with Crippen molar-refractivity contribution >= 4 is 45.8 Å². The maximum absolute atomic E-state index is 12.4. The van der Waals surface area contributed by atoms with E-state index in [1.807, 2.05) is 30.5 Å². The van der Waals surface area contributed by atoms with Crippen LogP contribution < -0.4 is 5.32 Å². The average molecular weight is 409 g/mol. The number of aromatic amines is 1. The highest BCUT2D eigenvalue weighted by Gasteiger charge is 2.35. The number of para-hydroxylation sites is 1. The predicted octanol–water partition coefficient (Wildman–Crippen LogP) is 3.55. The highest BCUT2D eigenvalue weighted by atomic mass is 32.2. The largest absolute Gasteiger partial charge is 0.465 e. The minimum Gasteiger partial charge on any atom is -0.465 e. The molecule has 0 bridgehead atoms. The highest BCUT2D eigenvalue weighted by Crippen LogP contribution is 2.32. The summed E-state index contributed by atoms with van der Waals surface area (Å²) in [5, 5.41) is 3.61. The number of hydrogen-bond donors (Lipinski definition) is 2. The molecule has 2 N–H and O–H groups in total. The lowest BCUT2D eigenvalue weighted by atomic mass is 10.1.